The summed E-state index contributed by atoms with van der Waals surface area (Å²) in [5.74, 6) is 2.83. The first-order valence-electron chi connectivity index (χ1n) is 11.9. The number of hydrogen-bond donors (Lipinski definition) is 2. The van der Waals surface area contributed by atoms with Gasteiger partial charge < -0.3 is 20.9 Å². The lowest BCUT2D eigenvalue weighted by molar-refractivity contribution is 0.484. The highest BCUT2D eigenvalue weighted by Gasteiger charge is 2.09. The molecule has 0 unspecified atom stereocenters. The van der Waals surface area contributed by atoms with E-state index in [9.17, 15) is 0 Å². The topological polar surface area (TPSA) is 70.5 Å². The molecule has 0 fully saturated rings. The Hall–Kier alpha value is -4.70. The normalized spacial score (nSPS) is 15.2. The molecule has 0 saturated carbocycles. The van der Waals surface area contributed by atoms with Crippen LogP contribution in [0.2, 0.25) is 0 Å². The van der Waals surface area contributed by atoms with Gasteiger partial charge in [0.2, 0.25) is 0 Å². The molecule has 0 heterocycles. The van der Waals surface area contributed by atoms with Crippen molar-refractivity contribution in [2.75, 3.05) is 11.5 Å². The van der Waals surface area contributed by atoms with Crippen molar-refractivity contribution in [2.45, 2.75) is 12.8 Å². The Kier molecular flexibility index (Phi) is 6.86. The van der Waals surface area contributed by atoms with Crippen LogP contribution in [-0.2, 0) is 0 Å². The highest BCUT2D eigenvalue weighted by molar-refractivity contribution is 5.67. The quantitative estimate of drug-likeness (QED) is 0.277. The summed E-state index contributed by atoms with van der Waals surface area (Å²) in [5.41, 5.74) is 18.2. The van der Waals surface area contributed by atoms with Crippen molar-refractivity contribution in [2.24, 2.45) is 0 Å². The molecule has 1 aliphatic rings. The van der Waals surface area contributed by atoms with Gasteiger partial charge in [-0.2, -0.15) is 0 Å². The van der Waals surface area contributed by atoms with Crippen LogP contribution < -0.4 is 20.9 Å². The molecule has 0 aromatic heterocycles. The second-order valence-electron chi connectivity index (χ2n) is 8.73. The van der Waals surface area contributed by atoms with Gasteiger partial charge in [0.1, 0.15) is 11.5 Å². The third kappa shape index (κ3) is 5.86. The number of ether oxygens (including phenoxy) is 2. The molecule has 0 spiro atoms. The highest BCUT2D eigenvalue weighted by Crippen LogP contribution is 2.33. The molecule has 5 rings (SSSR count). The Labute approximate surface area is 211 Å². The fraction of sp³-hybridized carbons (Fsp3) is 0.0625. The summed E-state index contributed by atoms with van der Waals surface area (Å²) < 4.78 is 12.0. The summed E-state index contributed by atoms with van der Waals surface area (Å²) in [4.78, 5) is 0. The average molecular weight is 473 g/mol. The maximum absolute atomic E-state index is 6.16. The first-order chi connectivity index (χ1) is 17.6. The molecule has 4 heteroatoms. The van der Waals surface area contributed by atoms with E-state index < -0.39 is 0 Å². The number of hydrogen-bond acceptors (Lipinski definition) is 4. The lowest BCUT2D eigenvalue weighted by Crippen LogP contribution is -1.95. The lowest BCUT2D eigenvalue weighted by Gasteiger charge is -2.14. The number of nitrogen functional groups attached to an aromatic ring is 2. The van der Waals surface area contributed by atoms with Gasteiger partial charge in [0, 0.05) is 0 Å². The van der Waals surface area contributed by atoms with E-state index in [1.165, 1.54) is 11.1 Å². The van der Waals surface area contributed by atoms with Crippen molar-refractivity contribution in [3.8, 4) is 23.0 Å². The second kappa shape index (κ2) is 10.7. The minimum atomic E-state index is 0.609. The maximum Gasteiger partial charge on any atom is 0.150 e. The van der Waals surface area contributed by atoms with Crippen LogP contribution in [0.15, 0.2) is 120 Å². The van der Waals surface area contributed by atoms with Gasteiger partial charge in [0.25, 0.3) is 0 Å². The van der Waals surface area contributed by atoms with Crippen LogP contribution in [0.1, 0.15) is 24.0 Å². The summed E-state index contributed by atoms with van der Waals surface area (Å²) in [6.07, 6.45) is 10.5. The van der Waals surface area contributed by atoms with Gasteiger partial charge in [0.05, 0.1) is 11.4 Å². The summed E-state index contributed by atoms with van der Waals surface area (Å²) in [7, 11) is 0. The first kappa shape index (κ1) is 23.1. The molecule has 0 radical (unpaired) electrons. The molecule has 0 atom stereocenters. The van der Waals surface area contributed by atoms with Crippen LogP contribution in [0.3, 0.4) is 0 Å². The van der Waals surface area contributed by atoms with Gasteiger partial charge in [-0.1, -0.05) is 78.4 Å². The van der Waals surface area contributed by atoms with Crippen molar-refractivity contribution in [3.05, 3.63) is 131 Å². The predicted octanol–water partition coefficient (Wildman–Crippen LogP) is 8.25. The molecule has 4 aromatic carbocycles. The Balaban J connectivity index is 1.34. The first-order valence-corrected chi connectivity index (χ1v) is 11.9. The van der Waals surface area contributed by atoms with Crippen molar-refractivity contribution >= 4 is 23.5 Å². The third-order valence-electron chi connectivity index (χ3n) is 5.88. The summed E-state index contributed by atoms with van der Waals surface area (Å²) in [6.45, 7) is 0. The number of anilines is 2. The van der Waals surface area contributed by atoms with E-state index in [0.717, 1.165) is 35.5 Å². The van der Waals surface area contributed by atoms with E-state index in [1.807, 2.05) is 97.1 Å². The van der Waals surface area contributed by atoms with Crippen LogP contribution in [0, 0.1) is 0 Å². The number of benzene rings is 4. The zero-order valence-electron chi connectivity index (χ0n) is 19.9. The molecule has 4 nitrogen and oxygen atoms in total. The van der Waals surface area contributed by atoms with Crippen molar-refractivity contribution in [1.82, 2.24) is 0 Å². The number of para-hydroxylation sites is 2. The van der Waals surface area contributed by atoms with Gasteiger partial charge in [-0.25, -0.2) is 0 Å². The van der Waals surface area contributed by atoms with E-state index in [4.69, 9.17) is 20.9 Å². The van der Waals surface area contributed by atoms with E-state index in [-0.39, 0.29) is 0 Å². The Morgan fingerprint density at radius 3 is 1.69 bits per heavy atom. The Morgan fingerprint density at radius 2 is 1.14 bits per heavy atom. The minimum Gasteiger partial charge on any atom is -0.455 e. The molecule has 36 heavy (non-hydrogen) atoms. The molecular formula is C32H28N2O2. The van der Waals surface area contributed by atoms with Gasteiger partial charge >= 0.3 is 0 Å². The Morgan fingerprint density at radius 1 is 0.611 bits per heavy atom. The monoisotopic (exact) mass is 472 g/mol. The van der Waals surface area contributed by atoms with Crippen LogP contribution in [0.25, 0.3) is 12.2 Å². The van der Waals surface area contributed by atoms with Crippen molar-refractivity contribution in [3.63, 3.8) is 0 Å². The number of nitrogens with two attached hydrogens (primary N) is 2. The second-order valence-corrected chi connectivity index (χ2v) is 8.73. The summed E-state index contributed by atoms with van der Waals surface area (Å²) in [5, 5.41) is 0. The molecule has 178 valence electrons. The molecule has 1 aliphatic carbocycles. The average Bonchev–Trinajstić information content (AvgIpc) is 2.89. The van der Waals surface area contributed by atoms with E-state index >= 15 is 0 Å². The molecule has 4 aromatic rings. The van der Waals surface area contributed by atoms with Crippen LogP contribution in [0.5, 0.6) is 23.0 Å². The third-order valence-corrected chi connectivity index (χ3v) is 5.88. The molecule has 0 saturated heterocycles. The smallest absolute Gasteiger partial charge is 0.150 e. The van der Waals surface area contributed by atoms with Crippen LogP contribution >= 0.6 is 0 Å². The lowest BCUT2D eigenvalue weighted by atomic mass is 9.93. The van der Waals surface area contributed by atoms with Crippen LogP contribution in [0.4, 0.5) is 11.4 Å². The summed E-state index contributed by atoms with van der Waals surface area (Å²) in [6, 6.07) is 31.1. The fourth-order valence-electron chi connectivity index (χ4n) is 4.10. The largest absolute Gasteiger partial charge is 0.455 e. The number of allylic oxidation sites excluding steroid dienone is 4. The zero-order chi connectivity index (χ0) is 24.7. The number of rotatable bonds is 6. The van der Waals surface area contributed by atoms with Crippen molar-refractivity contribution in [1.29, 1.82) is 0 Å². The van der Waals surface area contributed by atoms with Gasteiger partial charge in [-0.15, -0.1) is 0 Å². The standard InChI is InChI=1S/C32H28N2O2/c33-29-16-14-25(21-31(29)35-27-10-3-1-4-11-27)19-23-8-7-9-24(18-23)20-26-15-17-30(34)32(22-26)36-28-12-5-2-6-13-28/h1-8,10-17,19-22H,9,18,33-34H2. The maximum atomic E-state index is 6.16. The SMILES string of the molecule is Nc1ccc(C=C2C=CCC(=Cc3ccc(N)c(Oc4ccccc4)c3)C2)cc1Oc1ccccc1. The van der Waals surface area contributed by atoms with E-state index in [0.29, 0.717) is 22.9 Å². The predicted molar refractivity (Wildman–Crippen MR) is 149 cm³/mol. The van der Waals surface area contributed by atoms with Crippen LogP contribution in [-0.4, -0.2) is 0 Å². The van der Waals surface area contributed by atoms with E-state index in [1.54, 1.807) is 0 Å². The van der Waals surface area contributed by atoms with E-state index in [2.05, 4.69) is 24.3 Å². The highest BCUT2D eigenvalue weighted by atomic mass is 16.5. The fourth-order valence-corrected chi connectivity index (χ4v) is 4.10. The van der Waals surface area contributed by atoms with Gasteiger partial charge in [0.15, 0.2) is 11.5 Å². The molecule has 0 amide bonds. The minimum absolute atomic E-state index is 0.609. The Bertz CT molecular complexity index is 1440. The van der Waals surface area contributed by atoms with Crippen molar-refractivity contribution < 1.29 is 9.47 Å². The molecule has 0 bridgehead atoms. The van der Waals surface area contributed by atoms with Gasteiger partial charge in [-0.05, 0) is 78.1 Å². The van der Waals surface area contributed by atoms with Gasteiger partial charge in [-0.3, -0.25) is 0 Å². The molecular weight excluding hydrogens is 444 g/mol. The summed E-state index contributed by atoms with van der Waals surface area (Å²) >= 11 is 0. The molecule has 0 aliphatic heterocycles. The zero-order valence-corrected chi connectivity index (χ0v) is 19.9. The molecule has 4 N–H and O–H groups in total.